The summed E-state index contributed by atoms with van der Waals surface area (Å²) in [5.74, 6) is 0. The zero-order valence-corrected chi connectivity index (χ0v) is 8.26. The second kappa shape index (κ2) is 6.93. The smallest absolute Gasteiger partial charge is 0.417 e. The first kappa shape index (κ1) is 10.6. The average Bonchev–Trinajstić information content (AvgIpc) is 2.16. The molecule has 2 nitrogen and oxygen atoms in total. The zero-order valence-electron chi connectivity index (χ0n) is 8.26. The van der Waals surface area contributed by atoms with Crippen molar-refractivity contribution >= 4 is 6.47 Å². The SMILES string of the molecule is O=[C]OC1CCCCCCCCC1. The van der Waals surface area contributed by atoms with Gasteiger partial charge in [0.15, 0.2) is 0 Å². The Labute approximate surface area is 80.7 Å². The molecule has 0 aromatic rings. The van der Waals surface area contributed by atoms with Gasteiger partial charge in [0, 0.05) is 0 Å². The third kappa shape index (κ3) is 4.91. The van der Waals surface area contributed by atoms with Crippen LogP contribution in [-0.4, -0.2) is 12.6 Å². The molecule has 1 rings (SSSR count). The molecular formula is C11H19O2. The van der Waals surface area contributed by atoms with E-state index in [1.54, 1.807) is 6.47 Å². The van der Waals surface area contributed by atoms with Crippen molar-refractivity contribution in [1.29, 1.82) is 0 Å². The molecule has 75 valence electrons. The van der Waals surface area contributed by atoms with E-state index in [9.17, 15) is 4.79 Å². The van der Waals surface area contributed by atoms with Gasteiger partial charge in [-0.2, -0.15) is 0 Å². The van der Waals surface area contributed by atoms with Crippen molar-refractivity contribution < 1.29 is 9.53 Å². The molecular weight excluding hydrogens is 164 g/mol. The Bertz CT molecular complexity index is 124. The maximum atomic E-state index is 10.1. The third-order valence-corrected chi connectivity index (χ3v) is 2.77. The Kier molecular flexibility index (Phi) is 5.62. The Hall–Kier alpha value is -0.530. The summed E-state index contributed by atoms with van der Waals surface area (Å²) in [6, 6.07) is 0. The number of hydrogen-bond acceptors (Lipinski definition) is 2. The van der Waals surface area contributed by atoms with Crippen molar-refractivity contribution in [3.63, 3.8) is 0 Å². The van der Waals surface area contributed by atoms with Crippen LogP contribution in [0.3, 0.4) is 0 Å². The number of hydrogen-bond donors (Lipinski definition) is 0. The zero-order chi connectivity index (χ0) is 9.36. The molecule has 0 aromatic carbocycles. The van der Waals surface area contributed by atoms with Crippen molar-refractivity contribution in [1.82, 2.24) is 0 Å². The highest BCUT2D eigenvalue weighted by atomic mass is 16.5. The van der Waals surface area contributed by atoms with Crippen LogP contribution < -0.4 is 0 Å². The van der Waals surface area contributed by atoms with E-state index in [0.717, 1.165) is 12.8 Å². The molecule has 0 aliphatic heterocycles. The predicted octanol–water partition coefficient (Wildman–Crippen LogP) is 2.96. The summed E-state index contributed by atoms with van der Waals surface area (Å²) in [6.07, 6.45) is 11.3. The first-order valence-electron chi connectivity index (χ1n) is 5.46. The summed E-state index contributed by atoms with van der Waals surface area (Å²) < 4.78 is 4.91. The van der Waals surface area contributed by atoms with E-state index in [1.807, 2.05) is 0 Å². The van der Waals surface area contributed by atoms with Crippen LogP contribution in [0.5, 0.6) is 0 Å². The van der Waals surface area contributed by atoms with Gasteiger partial charge in [0.1, 0.15) is 6.10 Å². The summed E-state index contributed by atoms with van der Waals surface area (Å²) in [5.41, 5.74) is 0. The molecule has 0 spiro atoms. The van der Waals surface area contributed by atoms with Gasteiger partial charge in [-0.15, -0.1) is 0 Å². The fourth-order valence-electron chi connectivity index (χ4n) is 1.96. The predicted molar refractivity (Wildman–Crippen MR) is 52.1 cm³/mol. The molecule has 0 amide bonds. The van der Waals surface area contributed by atoms with E-state index in [1.165, 1.54) is 44.9 Å². The lowest BCUT2D eigenvalue weighted by Crippen LogP contribution is -2.12. The summed E-state index contributed by atoms with van der Waals surface area (Å²) in [5, 5.41) is 0. The summed E-state index contributed by atoms with van der Waals surface area (Å²) in [7, 11) is 0. The van der Waals surface area contributed by atoms with Gasteiger partial charge in [-0.05, 0) is 25.7 Å². The molecule has 1 aliphatic carbocycles. The minimum atomic E-state index is 0.149. The number of ether oxygens (including phenoxy) is 1. The van der Waals surface area contributed by atoms with E-state index < -0.39 is 0 Å². The Morgan fingerprint density at radius 1 is 0.846 bits per heavy atom. The van der Waals surface area contributed by atoms with Gasteiger partial charge in [-0.3, -0.25) is 0 Å². The van der Waals surface area contributed by atoms with Crippen LogP contribution in [0.4, 0.5) is 0 Å². The van der Waals surface area contributed by atoms with E-state index in [0.29, 0.717) is 0 Å². The maximum absolute atomic E-state index is 10.1. The van der Waals surface area contributed by atoms with Crippen LogP contribution in [0.25, 0.3) is 0 Å². The lowest BCUT2D eigenvalue weighted by molar-refractivity contribution is 0.149. The normalized spacial score (nSPS) is 22.2. The highest BCUT2D eigenvalue weighted by molar-refractivity contribution is 5.38. The van der Waals surface area contributed by atoms with Gasteiger partial charge >= 0.3 is 6.47 Å². The molecule has 1 radical (unpaired) electrons. The van der Waals surface area contributed by atoms with Crippen molar-refractivity contribution in [2.45, 2.75) is 63.9 Å². The van der Waals surface area contributed by atoms with Crippen molar-refractivity contribution in [2.75, 3.05) is 0 Å². The van der Waals surface area contributed by atoms with Crippen molar-refractivity contribution in [3.8, 4) is 0 Å². The van der Waals surface area contributed by atoms with Gasteiger partial charge < -0.3 is 4.74 Å². The lowest BCUT2D eigenvalue weighted by atomic mass is 9.99. The molecule has 0 bridgehead atoms. The maximum Gasteiger partial charge on any atom is 0.417 e. The van der Waals surface area contributed by atoms with Crippen LogP contribution >= 0.6 is 0 Å². The highest BCUT2D eigenvalue weighted by Crippen LogP contribution is 2.18. The van der Waals surface area contributed by atoms with Crippen LogP contribution in [0.15, 0.2) is 0 Å². The molecule has 13 heavy (non-hydrogen) atoms. The van der Waals surface area contributed by atoms with Gasteiger partial charge in [-0.1, -0.05) is 32.1 Å². The minimum absolute atomic E-state index is 0.149. The van der Waals surface area contributed by atoms with Gasteiger partial charge in [0.05, 0.1) is 0 Å². The molecule has 0 N–H and O–H groups in total. The van der Waals surface area contributed by atoms with Crippen LogP contribution in [0.2, 0.25) is 0 Å². The number of carbonyl (C=O) groups excluding carboxylic acids is 1. The topological polar surface area (TPSA) is 26.3 Å². The highest BCUT2D eigenvalue weighted by Gasteiger charge is 2.10. The number of rotatable bonds is 2. The van der Waals surface area contributed by atoms with Gasteiger partial charge in [0.25, 0.3) is 0 Å². The molecule has 1 fully saturated rings. The standard InChI is InChI=1S/C11H19O2/c12-10-13-11-8-6-4-2-1-3-5-7-9-11/h11H,1-9H2. The molecule has 2 heteroatoms. The molecule has 0 unspecified atom stereocenters. The average molecular weight is 183 g/mol. The van der Waals surface area contributed by atoms with Crippen LogP contribution in [0, 0.1) is 0 Å². The Balaban J connectivity index is 2.21. The minimum Gasteiger partial charge on any atom is -0.454 e. The van der Waals surface area contributed by atoms with E-state index in [2.05, 4.69) is 0 Å². The summed E-state index contributed by atoms with van der Waals surface area (Å²) in [6.45, 7) is 1.57. The summed E-state index contributed by atoms with van der Waals surface area (Å²) >= 11 is 0. The lowest BCUT2D eigenvalue weighted by Gasteiger charge is -2.15. The molecule has 1 aliphatic rings. The molecule has 1 saturated carbocycles. The summed E-state index contributed by atoms with van der Waals surface area (Å²) in [4.78, 5) is 10.1. The molecule has 0 atom stereocenters. The van der Waals surface area contributed by atoms with Gasteiger partial charge in [0.2, 0.25) is 0 Å². The van der Waals surface area contributed by atoms with E-state index in [4.69, 9.17) is 4.74 Å². The largest absolute Gasteiger partial charge is 0.454 e. The molecule has 0 saturated heterocycles. The van der Waals surface area contributed by atoms with Crippen molar-refractivity contribution in [3.05, 3.63) is 0 Å². The monoisotopic (exact) mass is 183 g/mol. The second-order valence-corrected chi connectivity index (χ2v) is 3.88. The molecule has 0 heterocycles. The van der Waals surface area contributed by atoms with Crippen LogP contribution in [0.1, 0.15) is 57.8 Å². The quantitative estimate of drug-likeness (QED) is 0.658. The Morgan fingerprint density at radius 3 is 1.77 bits per heavy atom. The second-order valence-electron chi connectivity index (χ2n) is 3.88. The first-order valence-corrected chi connectivity index (χ1v) is 5.46. The van der Waals surface area contributed by atoms with Gasteiger partial charge in [-0.25, -0.2) is 4.79 Å². The fraction of sp³-hybridized carbons (Fsp3) is 0.909. The van der Waals surface area contributed by atoms with Crippen molar-refractivity contribution in [2.24, 2.45) is 0 Å². The molecule has 0 aromatic heterocycles. The van der Waals surface area contributed by atoms with E-state index in [-0.39, 0.29) is 6.10 Å². The Morgan fingerprint density at radius 2 is 1.31 bits per heavy atom. The first-order chi connectivity index (χ1) is 6.43. The fourth-order valence-corrected chi connectivity index (χ4v) is 1.96. The third-order valence-electron chi connectivity index (χ3n) is 2.77. The van der Waals surface area contributed by atoms with E-state index >= 15 is 0 Å². The van der Waals surface area contributed by atoms with Crippen LogP contribution in [-0.2, 0) is 9.53 Å².